The average Bonchev–Trinajstić information content (AvgIpc) is 3.17. The maximum Gasteiger partial charge on any atom is 0.265 e. The minimum absolute atomic E-state index is 0.0516. The van der Waals surface area contributed by atoms with Crippen LogP contribution in [0.2, 0.25) is 0 Å². The summed E-state index contributed by atoms with van der Waals surface area (Å²) in [4.78, 5) is 27.3. The standard InChI is InChI=1S/C20H24N2O2S/c1-14-5-11-17(12-6-14)22(2)20(24)15-7-9-16(10-8-15)21-19(23)18-4-3-13-25-18/h3-4,7-10,13-14,17H,5-6,11-12H2,1-2H3,(H,21,23). The molecule has 1 aliphatic rings. The molecule has 2 aromatic rings. The second kappa shape index (κ2) is 7.83. The molecule has 0 radical (unpaired) electrons. The lowest BCUT2D eigenvalue weighted by Gasteiger charge is -2.33. The van der Waals surface area contributed by atoms with Crippen LogP contribution < -0.4 is 5.32 Å². The zero-order valence-corrected chi connectivity index (χ0v) is 15.5. The van der Waals surface area contributed by atoms with Crippen LogP contribution in [0.3, 0.4) is 0 Å². The number of hydrogen-bond acceptors (Lipinski definition) is 3. The number of nitrogens with one attached hydrogen (secondary N) is 1. The van der Waals surface area contributed by atoms with Gasteiger partial charge in [0.2, 0.25) is 0 Å². The van der Waals surface area contributed by atoms with Crippen LogP contribution in [-0.4, -0.2) is 29.8 Å². The van der Waals surface area contributed by atoms with Crippen LogP contribution >= 0.6 is 11.3 Å². The summed E-state index contributed by atoms with van der Waals surface area (Å²) in [6.45, 7) is 2.28. The summed E-state index contributed by atoms with van der Waals surface area (Å²) < 4.78 is 0. The van der Waals surface area contributed by atoms with E-state index in [1.54, 1.807) is 30.3 Å². The van der Waals surface area contributed by atoms with Gasteiger partial charge < -0.3 is 10.2 Å². The lowest BCUT2D eigenvalue weighted by Crippen LogP contribution is -2.39. The van der Waals surface area contributed by atoms with Crippen molar-refractivity contribution in [1.29, 1.82) is 0 Å². The number of carbonyl (C=O) groups is 2. The van der Waals surface area contributed by atoms with Gasteiger partial charge in [-0.05, 0) is 67.3 Å². The predicted molar refractivity (Wildman–Crippen MR) is 102 cm³/mol. The first-order valence-electron chi connectivity index (χ1n) is 8.76. The Balaban J connectivity index is 1.61. The van der Waals surface area contributed by atoms with Crippen LogP contribution in [0.5, 0.6) is 0 Å². The number of benzene rings is 1. The van der Waals surface area contributed by atoms with E-state index in [2.05, 4.69) is 12.2 Å². The summed E-state index contributed by atoms with van der Waals surface area (Å²) in [5.41, 5.74) is 1.36. The second-order valence-electron chi connectivity index (χ2n) is 6.84. The number of hydrogen-bond donors (Lipinski definition) is 1. The minimum atomic E-state index is -0.123. The summed E-state index contributed by atoms with van der Waals surface area (Å²) in [5, 5.41) is 4.73. The molecule has 4 nitrogen and oxygen atoms in total. The molecule has 0 bridgehead atoms. The van der Waals surface area contributed by atoms with E-state index in [1.165, 1.54) is 24.2 Å². The molecule has 5 heteroatoms. The van der Waals surface area contributed by atoms with Gasteiger partial charge in [-0.1, -0.05) is 13.0 Å². The van der Waals surface area contributed by atoms with E-state index in [9.17, 15) is 9.59 Å². The van der Waals surface area contributed by atoms with Gasteiger partial charge in [-0.25, -0.2) is 0 Å². The van der Waals surface area contributed by atoms with Gasteiger partial charge in [0.05, 0.1) is 4.88 Å². The highest BCUT2D eigenvalue weighted by atomic mass is 32.1. The third-order valence-corrected chi connectivity index (χ3v) is 5.86. The number of nitrogens with zero attached hydrogens (tertiary/aromatic N) is 1. The van der Waals surface area contributed by atoms with Crippen LogP contribution in [-0.2, 0) is 0 Å². The molecule has 0 unspecified atom stereocenters. The van der Waals surface area contributed by atoms with Gasteiger partial charge in [0.15, 0.2) is 0 Å². The average molecular weight is 356 g/mol. The van der Waals surface area contributed by atoms with Crippen molar-refractivity contribution >= 4 is 28.8 Å². The van der Waals surface area contributed by atoms with Crippen molar-refractivity contribution < 1.29 is 9.59 Å². The van der Waals surface area contributed by atoms with E-state index in [0.29, 0.717) is 22.2 Å². The summed E-state index contributed by atoms with van der Waals surface area (Å²) in [6.07, 6.45) is 4.54. The highest BCUT2D eigenvalue weighted by Crippen LogP contribution is 2.27. The van der Waals surface area contributed by atoms with Crippen LogP contribution in [0.15, 0.2) is 41.8 Å². The number of carbonyl (C=O) groups excluding carboxylic acids is 2. The van der Waals surface area contributed by atoms with Crippen molar-refractivity contribution in [3.8, 4) is 0 Å². The molecule has 132 valence electrons. The second-order valence-corrected chi connectivity index (χ2v) is 7.79. The molecule has 1 heterocycles. The molecule has 1 aliphatic carbocycles. The molecule has 1 fully saturated rings. The Morgan fingerprint density at radius 2 is 1.76 bits per heavy atom. The molecule has 25 heavy (non-hydrogen) atoms. The summed E-state index contributed by atoms with van der Waals surface area (Å²) in [7, 11) is 1.90. The highest BCUT2D eigenvalue weighted by molar-refractivity contribution is 7.12. The van der Waals surface area contributed by atoms with Crippen molar-refractivity contribution in [1.82, 2.24) is 4.90 Å². The van der Waals surface area contributed by atoms with Gasteiger partial charge >= 0.3 is 0 Å². The normalized spacial score (nSPS) is 20.1. The van der Waals surface area contributed by atoms with Crippen LogP contribution in [0.1, 0.15) is 52.6 Å². The van der Waals surface area contributed by atoms with E-state index in [1.807, 2.05) is 23.4 Å². The molecular weight excluding hydrogens is 332 g/mol. The molecule has 0 spiro atoms. The first-order chi connectivity index (χ1) is 12.0. The van der Waals surface area contributed by atoms with E-state index in [4.69, 9.17) is 0 Å². The molecule has 1 saturated carbocycles. The summed E-state index contributed by atoms with van der Waals surface area (Å²) in [5.74, 6) is 0.698. The van der Waals surface area contributed by atoms with E-state index < -0.39 is 0 Å². The Hall–Kier alpha value is -2.14. The van der Waals surface area contributed by atoms with E-state index in [0.717, 1.165) is 18.8 Å². The fourth-order valence-corrected chi connectivity index (χ4v) is 3.91. The third kappa shape index (κ3) is 4.28. The monoisotopic (exact) mass is 356 g/mol. The van der Waals surface area contributed by atoms with Gasteiger partial charge in [-0.15, -0.1) is 11.3 Å². The minimum Gasteiger partial charge on any atom is -0.339 e. The van der Waals surface area contributed by atoms with E-state index in [-0.39, 0.29) is 11.8 Å². The maximum absolute atomic E-state index is 12.7. The molecule has 2 amide bonds. The number of thiophene rings is 1. The topological polar surface area (TPSA) is 49.4 Å². The van der Waals surface area contributed by atoms with Crippen LogP contribution in [0.25, 0.3) is 0 Å². The third-order valence-electron chi connectivity index (χ3n) is 4.99. The number of rotatable bonds is 4. The van der Waals surface area contributed by atoms with Gasteiger partial charge in [0, 0.05) is 24.3 Å². The van der Waals surface area contributed by atoms with Crippen molar-refractivity contribution in [2.75, 3.05) is 12.4 Å². The Bertz CT molecular complexity index is 717. The predicted octanol–water partition coefficient (Wildman–Crippen LogP) is 4.65. The molecule has 0 aliphatic heterocycles. The van der Waals surface area contributed by atoms with Crippen molar-refractivity contribution in [2.45, 2.75) is 38.6 Å². The van der Waals surface area contributed by atoms with Gasteiger partial charge in [-0.3, -0.25) is 9.59 Å². The molecule has 3 rings (SSSR count). The smallest absolute Gasteiger partial charge is 0.265 e. The fourth-order valence-electron chi connectivity index (χ4n) is 3.30. The quantitative estimate of drug-likeness (QED) is 0.867. The van der Waals surface area contributed by atoms with Crippen molar-refractivity contribution in [3.05, 3.63) is 52.2 Å². The molecule has 1 N–H and O–H groups in total. The SMILES string of the molecule is CC1CCC(N(C)C(=O)c2ccc(NC(=O)c3cccs3)cc2)CC1. The molecule has 0 atom stereocenters. The van der Waals surface area contributed by atoms with Crippen LogP contribution in [0, 0.1) is 5.92 Å². The Kier molecular flexibility index (Phi) is 5.53. The molecular formula is C20H24N2O2S. The summed E-state index contributed by atoms with van der Waals surface area (Å²) >= 11 is 1.41. The molecule has 1 aromatic heterocycles. The molecule has 1 aromatic carbocycles. The fraction of sp³-hybridized carbons (Fsp3) is 0.400. The Morgan fingerprint density at radius 3 is 2.36 bits per heavy atom. The van der Waals surface area contributed by atoms with Crippen LogP contribution in [0.4, 0.5) is 5.69 Å². The van der Waals surface area contributed by atoms with Gasteiger partial charge in [-0.2, -0.15) is 0 Å². The first-order valence-corrected chi connectivity index (χ1v) is 9.64. The zero-order chi connectivity index (χ0) is 17.8. The lowest BCUT2D eigenvalue weighted by atomic mass is 9.86. The zero-order valence-electron chi connectivity index (χ0n) is 14.7. The number of amides is 2. The number of anilines is 1. The largest absolute Gasteiger partial charge is 0.339 e. The van der Waals surface area contributed by atoms with Gasteiger partial charge in [0.1, 0.15) is 0 Å². The van der Waals surface area contributed by atoms with Crippen molar-refractivity contribution in [2.24, 2.45) is 5.92 Å². The summed E-state index contributed by atoms with van der Waals surface area (Å²) in [6, 6.07) is 11.1. The van der Waals surface area contributed by atoms with Gasteiger partial charge in [0.25, 0.3) is 11.8 Å². The maximum atomic E-state index is 12.7. The van der Waals surface area contributed by atoms with E-state index >= 15 is 0 Å². The lowest BCUT2D eigenvalue weighted by molar-refractivity contribution is 0.0679. The highest BCUT2D eigenvalue weighted by Gasteiger charge is 2.25. The first kappa shape index (κ1) is 17.7. The Labute approximate surface area is 152 Å². The molecule has 0 saturated heterocycles. The Morgan fingerprint density at radius 1 is 1.08 bits per heavy atom. The van der Waals surface area contributed by atoms with Crippen molar-refractivity contribution in [3.63, 3.8) is 0 Å².